The van der Waals surface area contributed by atoms with E-state index >= 15 is 0 Å². The quantitative estimate of drug-likeness (QED) is 0.282. The van der Waals surface area contributed by atoms with E-state index in [1.807, 2.05) is 35.6 Å². The third-order valence-corrected chi connectivity index (χ3v) is 9.80. The average Bonchev–Trinajstić information content (AvgIpc) is 3.25. The number of hydrogen-bond donors (Lipinski definition) is 1. The van der Waals surface area contributed by atoms with Crippen LogP contribution in [-0.2, 0) is 27.7 Å². The van der Waals surface area contributed by atoms with Gasteiger partial charge in [0.2, 0.25) is 0 Å². The van der Waals surface area contributed by atoms with Gasteiger partial charge in [-0.2, -0.15) is 0 Å². The molecule has 0 unspecified atom stereocenters. The number of aromatic nitrogens is 4. The maximum Gasteiger partial charge on any atom is 0.332 e. The van der Waals surface area contributed by atoms with E-state index in [0.29, 0.717) is 23.3 Å². The van der Waals surface area contributed by atoms with E-state index in [1.54, 1.807) is 30.3 Å². The molecular weight excluding hydrogens is 538 g/mol. The minimum Gasteiger partial charge on any atom is -0.352 e. The molecule has 0 aliphatic carbocycles. The SMILES string of the molecule is Cc1nc2cccc3n2c1C=C(C(=O)NCCCn1c(=O)c(-c2ccccc2)c2n(c1=O)CCCS2(=O)=O)S3. The van der Waals surface area contributed by atoms with Crippen LogP contribution in [0.1, 0.15) is 24.2 Å². The van der Waals surface area contributed by atoms with E-state index in [4.69, 9.17) is 0 Å². The molecule has 0 saturated heterocycles. The van der Waals surface area contributed by atoms with Gasteiger partial charge < -0.3 is 5.32 Å². The molecule has 1 amide bonds. The predicted octanol–water partition coefficient (Wildman–Crippen LogP) is 2.46. The number of nitrogens with zero attached hydrogens (tertiary/aromatic N) is 4. The van der Waals surface area contributed by atoms with Gasteiger partial charge in [0.25, 0.3) is 11.5 Å². The Hall–Kier alpha value is -3.90. The fourth-order valence-corrected chi connectivity index (χ4v) is 7.83. The van der Waals surface area contributed by atoms with Crippen molar-refractivity contribution >= 4 is 39.2 Å². The summed E-state index contributed by atoms with van der Waals surface area (Å²) in [6.07, 6.45) is 2.43. The van der Waals surface area contributed by atoms with Gasteiger partial charge in [-0.3, -0.25) is 23.1 Å². The molecule has 6 rings (SSSR count). The van der Waals surface area contributed by atoms with E-state index in [0.717, 1.165) is 26.6 Å². The molecular formula is C27H25N5O5S2. The summed E-state index contributed by atoms with van der Waals surface area (Å²) in [6, 6.07) is 14.3. The first kappa shape index (κ1) is 25.4. The molecule has 4 aromatic rings. The van der Waals surface area contributed by atoms with E-state index in [9.17, 15) is 22.8 Å². The molecule has 0 fully saturated rings. The summed E-state index contributed by atoms with van der Waals surface area (Å²) in [5, 5.41) is 3.57. The van der Waals surface area contributed by atoms with Gasteiger partial charge >= 0.3 is 5.69 Å². The second-order valence-corrected chi connectivity index (χ2v) is 12.6. The topological polar surface area (TPSA) is 125 Å². The molecule has 1 aromatic carbocycles. The van der Waals surface area contributed by atoms with Crippen molar-refractivity contribution in [3.05, 3.63) is 85.7 Å². The summed E-state index contributed by atoms with van der Waals surface area (Å²) in [4.78, 5) is 44.8. The molecule has 0 atom stereocenters. The van der Waals surface area contributed by atoms with Crippen molar-refractivity contribution in [2.75, 3.05) is 12.3 Å². The summed E-state index contributed by atoms with van der Waals surface area (Å²) in [7, 11) is -3.79. The van der Waals surface area contributed by atoms with Crippen molar-refractivity contribution in [1.82, 2.24) is 23.8 Å². The van der Waals surface area contributed by atoms with Crippen molar-refractivity contribution in [1.29, 1.82) is 0 Å². The molecule has 0 spiro atoms. The third kappa shape index (κ3) is 4.33. The number of aryl methyl sites for hydroxylation is 1. The van der Waals surface area contributed by atoms with Crippen molar-refractivity contribution in [2.24, 2.45) is 0 Å². The Morgan fingerprint density at radius 3 is 2.69 bits per heavy atom. The van der Waals surface area contributed by atoms with Crippen molar-refractivity contribution in [2.45, 2.75) is 42.9 Å². The predicted molar refractivity (Wildman–Crippen MR) is 148 cm³/mol. The largest absolute Gasteiger partial charge is 0.352 e. The van der Waals surface area contributed by atoms with Gasteiger partial charge in [0.15, 0.2) is 14.9 Å². The summed E-state index contributed by atoms with van der Waals surface area (Å²) < 4.78 is 30.2. The van der Waals surface area contributed by atoms with Gasteiger partial charge in [0.05, 0.1) is 32.6 Å². The van der Waals surface area contributed by atoms with Crippen molar-refractivity contribution in [3.63, 3.8) is 0 Å². The summed E-state index contributed by atoms with van der Waals surface area (Å²) in [6.45, 7) is 2.39. The van der Waals surface area contributed by atoms with E-state index in [1.165, 1.54) is 16.3 Å². The van der Waals surface area contributed by atoms with Crippen LogP contribution in [-0.4, -0.2) is 45.1 Å². The second-order valence-electron chi connectivity index (χ2n) is 9.47. The van der Waals surface area contributed by atoms with Gasteiger partial charge in [-0.25, -0.2) is 18.2 Å². The number of nitrogens with one attached hydrogen (secondary N) is 1. The molecule has 39 heavy (non-hydrogen) atoms. The highest BCUT2D eigenvalue weighted by atomic mass is 32.2. The fraction of sp³-hybridized carbons (Fsp3) is 0.259. The molecule has 2 aliphatic heterocycles. The minimum absolute atomic E-state index is 0.0175. The zero-order valence-corrected chi connectivity index (χ0v) is 22.7. The molecule has 3 aromatic heterocycles. The first-order valence-corrected chi connectivity index (χ1v) is 15.0. The molecule has 5 heterocycles. The molecule has 0 bridgehead atoms. The normalized spacial score (nSPS) is 15.6. The zero-order chi connectivity index (χ0) is 27.3. The smallest absolute Gasteiger partial charge is 0.332 e. The molecule has 0 saturated carbocycles. The Morgan fingerprint density at radius 1 is 1.10 bits per heavy atom. The van der Waals surface area contributed by atoms with Crippen molar-refractivity contribution < 1.29 is 13.2 Å². The summed E-state index contributed by atoms with van der Waals surface area (Å²) in [5.74, 6) is -0.362. The fourth-order valence-electron chi connectivity index (χ4n) is 5.11. The van der Waals surface area contributed by atoms with Crippen LogP contribution in [0, 0.1) is 6.92 Å². The number of amides is 1. The van der Waals surface area contributed by atoms with Crippen LogP contribution >= 0.6 is 11.8 Å². The van der Waals surface area contributed by atoms with Gasteiger partial charge in [-0.15, -0.1) is 0 Å². The third-order valence-electron chi connectivity index (χ3n) is 6.91. The first-order valence-electron chi connectivity index (χ1n) is 12.6. The lowest BCUT2D eigenvalue weighted by atomic mass is 10.1. The Morgan fingerprint density at radius 2 is 1.90 bits per heavy atom. The summed E-state index contributed by atoms with van der Waals surface area (Å²) >= 11 is 1.35. The van der Waals surface area contributed by atoms with Gasteiger partial charge in [0, 0.05) is 19.6 Å². The number of benzene rings is 1. The standard InChI is InChI=1S/C27H25N5O5S2/c1-17-19-16-20(38-22-11-5-10-21(29-17)32(19)22)24(33)28-12-6-13-30-25(34)23(18-8-3-2-4-9-18)26-31(27(30)35)14-7-15-39(26,36)37/h2-5,8-11,16H,6-7,12-15H2,1H3,(H,28,33). The van der Waals surface area contributed by atoms with E-state index < -0.39 is 21.1 Å². The maximum absolute atomic E-state index is 13.5. The molecule has 1 N–H and O–H groups in total. The number of sulfone groups is 1. The Balaban J connectivity index is 1.24. The maximum atomic E-state index is 13.5. The number of rotatable bonds is 6. The number of thioether (sulfide) groups is 1. The van der Waals surface area contributed by atoms with Crippen LogP contribution in [0.5, 0.6) is 0 Å². The van der Waals surface area contributed by atoms with Crippen LogP contribution < -0.4 is 16.6 Å². The van der Waals surface area contributed by atoms with E-state index in [-0.39, 0.29) is 41.9 Å². The van der Waals surface area contributed by atoms with E-state index in [2.05, 4.69) is 10.3 Å². The number of carbonyl (C=O) groups excluding carboxylic acids is 1. The Kier molecular flexibility index (Phi) is 6.31. The highest BCUT2D eigenvalue weighted by Crippen LogP contribution is 2.35. The number of pyridine rings is 1. The minimum atomic E-state index is -3.79. The lowest BCUT2D eigenvalue weighted by Gasteiger charge is -2.23. The number of imidazole rings is 1. The molecule has 0 radical (unpaired) electrons. The monoisotopic (exact) mass is 563 g/mol. The first-order chi connectivity index (χ1) is 18.8. The summed E-state index contributed by atoms with van der Waals surface area (Å²) in [5.41, 5.74) is 1.70. The van der Waals surface area contributed by atoms with Crippen LogP contribution in [0.2, 0.25) is 0 Å². The van der Waals surface area contributed by atoms with Crippen LogP contribution in [0.3, 0.4) is 0 Å². The molecule has 200 valence electrons. The van der Waals surface area contributed by atoms with Crippen LogP contribution in [0.4, 0.5) is 0 Å². The lowest BCUT2D eigenvalue weighted by molar-refractivity contribution is -0.116. The Bertz CT molecular complexity index is 1900. The number of hydrogen-bond acceptors (Lipinski definition) is 7. The molecule has 2 aliphatic rings. The highest BCUT2D eigenvalue weighted by Gasteiger charge is 2.32. The molecule has 10 nitrogen and oxygen atoms in total. The lowest BCUT2D eigenvalue weighted by Crippen LogP contribution is -2.45. The van der Waals surface area contributed by atoms with Crippen LogP contribution in [0.15, 0.2) is 73.1 Å². The second kappa shape index (κ2) is 9.69. The number of fused-ring (bicyclic) bond motifs is 1. The van der Waals surface area contributed by atoms with Gasteiger partial charge in [-0.05, 0) is 43.5 Å². The van der Waals surface area contributed by atoms with Crippen molar-refractivity contribution in [3.8, 4) is 11.1 Å². The zero-order valence-electron chi connectivity index (χ0n) is 21.1. The number of carbonyl (C=O) groups is 1. The van der Waals surface area contributed by atoms with Crippen LogP contribution in [0.25, 0.3) is 22.9 Å². The van der Waals surface area contributed by atoms with Gasteiger partial charge in [-0.1, -0.05) is 48.2 Å². The average molecular weight is 564 g/mol. The van der Waals surface area contributed by atoms with Gasteiger partial charge in [0.1, 0.15) is 5.65 Å². The Labute approximate surface area is 227 Å². The highest BCUT2D eigenvalue weighted by molar-refractivity contribution is 8.04. The molecule has 12 heteroatoms.